The van der Waals surface area contributed by atoms with E-state index >= 15 is 0 Å². The summed E-state index contributed by atoms with van der Waals surface area (Å²) >= 11 is 5.94. The monoisotopic (exact) mass is 311 g/mol. The zero-order valence-electron chi connectivity index (χ0n) is 11.3. The molecule has 0 aliphatic carbocycles. The summed E-state index contributed by atoms with van der Waals surface area (Å²) in [6, 6.07) is 9.44. The Kier molecular flexibility index (Phi) is 3.49. The Bertz CT molecular complexity index is 925. The first-order chi connectivity index (χ1) is 10.6. The summed E-state index contributed by atoms with van der Waals surface area (Å²) in [6.07, 6.45) is 2.89. The van der Waals surface area contributed by atoms with E-state index < -0.39 is 5.91 Å². The molecular weight excluding hydrogens is 302 g/mol. The molecule has 2 heterocycles. The number of carbonyl (C=O) groups is 1. The maximum atomic E-state index is 11.3. The van der Waals surface area contributed by atoms with Gasteiger partial charge in [-0.25, -0.2) is 4.68 Å². The molecule has 2 aromatic heterocycles. The lowest BCUT2D eigenvalue weighted by molar-refractivity contribution is 0.1000. The maximum absolute atomic E-state index is 11.3. The zero-order valence-corrected chi connectivity index (χ0v) is 12.1. The smallest absolute Gasteiger partial charge is 0.253 e. The van der Waals surface area contributed by atoms with E-state index in [0.29, 0.717) is 11.6 Å². The summed E-state index contributed by atoms with van der Waals surface area (Å²) in [6.45, 7) is 0.346. The number of nitrogens with zero attached hydrogens (tertiary/aromatic N) is 4. The molecule has 6 nitrogen and oxygen atoms in total. The molecular formula is C15H10ClN5O. The molecule has 7 heteroatoms. The van der Waals surface area contributed by atoms with Crippen molar-refractivity contribution in [1.82, 2.24) is 14.8 Å². The fraction of sp³-hybridized carbons (Fsp3) is 0.0667. The predicted molar refractivity (Wildman–Crippen MR) is 81.3 cm³/mol. The summed E-state index contributed by atoms with van der Waals surface area (Å²) in [7, 11) is 0. The third-order valence-electron chi connectivity index (χ3n) is 3.26. The molecule has 0 saturated carbocycles. The molecule has 0 unspecified atom stereocenters. The van der Waals surface area contributed by atoms with Crippen molar-refractivity contribution in [2.45, 2.75) is 6.54 Å². The molecule has 108 valence electrons. The fourth-order valence-electron chi connectivity index (χ4n) is 2.23. The molecule has 0 radical (unpaired) electrons. The third kappa shape index (κ3) is 2.50. The standard InChI is InChI=1S/C15H10ClN5O/c16-11-4-10-3-9(1-2-13(10)19-6-11)8-21-14(5-17)12(7-20-21)15(18)22/h1-4,6-7H,8H2,(H2,18,22). The van der Waals surface area contributed by atoms with Crippen LogP contribution in [0.15, 0.2) is 36.7 Å². The second-order valence-electron chi connectivity index (χ2n) is 4.72. The highest BCUT2D eigenvalue weighted by atomic mass is 35.5. The molecule has 3 rings (SSSR count). The largest absolute Gasteiger partial charge is 0.365 e. The SMILES string of the molecule is N#Cc1c(C(N)=O)cnn1Cc1ccc2ncc(Cl)cc2c1. The number of benzene rings is 1. The minimum atomic E-state index is -0.669. The number of hydrogen-bond donors (Lipinski definition) is 1. The van der Waals surface area contributed by atoms with Crippen LogP contribution >= 0.6 is 11.6 Å². The third-order valence-corrected chi connectivity index (χ3v) is 3.46. The number of amides is 1. The molecule has 0 saturated heterocycles. The first-order valence-corrected chi connectivity index (χ1v) is 6.76. The average molecular weight is 312 g/mol. The first-order valence-electron chi connectivity index (χ1n) is 6.38. The predicted octanol–water partition coefficient (Wildman–Crippen LogP) is 2.10. The number of primary amides is 1. The van der Waals surface area contributed by atoms with Gasteiger partial charge in [0.1, 0.15) is 6.07 Å². The summed E-state index contributed by atoms with van der Waals surface area (Å²) in [5.41, 5.74) is 7.23. The van der Waals surface area contributed by atoms with Crippen molar-refractivity contribution in [1.29, 1.82) is 5.26 Å². The molecule has 0 bridgehead atoms. The van der Waals surface area contributed by atoms with Crippen molar-refractivity contribution in [3.05, 3.63) is 58.5 Å². The number of nitrogens with two attached hydrogens (primary N) is 1. The van der Waals surface area contributed by atoms with E-state index in [9.17, 15) is 10.1 Å². The number of halogens is 1. The molecule has 0 atom stereocenters. The van der Waals surface area contributed by atoms with Gasteiger partial charge in [0.25, 0.3) is 5.91 Å². The number of aromatic nitrogens is 3. The molecule has 1 aromatic carbocycles. The minimum absolute atomic E-state index is 0.119. The van der Waals surface area contributed by atoms with Gasteiger partial charge in [0.15, 0.2) is 5.69 Å². The average Bonchev–Trinajstić information content (AvgIpc) is 2.89. The van der Waals surface area contributed by atoms with Crippen LogP contribution in [0.1, 0.15) is 21.6 Å². The zero-order chi connectivity index (χ0) is 15.7. The molecule has 2 N–H and O–H groups in total. The molecule has 0 aliphatic rings. The van der Waals surface area contributed by atoms with E-state index in [0.717, 1.165) is 16.5 Å². The normalized spacial score (nSPS) is 10.5. The van der Waals surface area contributed by atoms with Crippen LogP contribution < -0.4 is 5.73 Å². The van der Waals surface area contributed by atoms with Crippen LogP contribution in [-0.2, 0) is 6.54 Å². The van der Waals surface area contributed by atoms with Gasteiger partial charge in [-0.05, 0) is 23.8 Å². The van der Waals surface area contributed by atoms with Gasteiger partial charge in [-0.1, -0.05) is 17.7 Å². The molecule has 0 aliphatic heterocycles. The van der Waals surface area contributed by atoms with Crippen molar-refractivity contribution in [2.24, 2.45) is 5.73 Å². The molecule has 3 aromatic rings. The lowest BCUT2D eigenvalue weighted by atomic mass is 10.1. The van der Waals surface area contributed by atoms with Crippen molar-refractivity contribution in [2.75, 3.05) is 0 Å². The van der Waals surface area contributed by atoms with Gasteiger partial charge in [0.05, 0.1) is 28.8 Å². The second-order valence-corrected chi connectivity index (χ2v) is 5.16. The van der Waals surface area contributed by atoms with E-state index in [2.05, 4.69) is 10.1 Å². The molecule has 0 spiro atoms. The number of nitriles is 1. The van der Waals surface area contributed by atoms with Crippen LogP contribution in [0.3, 0.4) is 0 Å². The van der Waals surface area contributed by atoms with Gasteiger partial charge in [0.2, 0.25) is 0 Å². The van der Waals surface area contributed by atoms with E-state index in [-0.39, 0.29) is 11.3 Å². The summed E-state index contributed by atoms with van der Waals surface area (Å²) < 4.78 is 1.44. The lowest BCUT2D eigenvalue weighted by Gasteiger charge is -2.05. The van der Waals surface area contributed by atoms with E-state index in [1.807, 2.05) is 30.3 Å². The number of rotatable bonds is 3. The minimum Gasteiger partial charge on any atom is -0.365 e. The highest BCUT2D eigenvalue weighted by molar-refractivity contribution is 6.31. The number of carbonyl (C=O) groups excluding carboxylic acids is 1. The number of pyridine rings is 1. The number of hydrogen-bond acceptors (Lipinski definition) is 4. The Labute approximate surface area is 130 Å². The lowest BCUT2D eigenvalue weighted by Crippen LogP contribution is -2.13. The van der Waals surface area contributed by atoms with Crippen LogP contribution in [0, 0.1) is 11.3 Å². The van der Waals surface area contributed by atoms with Crippen LogP contribution in [-0.4, -0.2) is 20.7 Å². The Morgan fingerprint density at radius 1 is 1.36 bits per heavy atom. The van der Waals surface area contributed by atoms with Crippen molar-refractivity contribution < 1.29 is 4.79 Å². The van der Waals surface area contributed by atoms with Crippen LogP contribution in [0.25, 0.3) is 10.9 Å². The fourth-order valence-corrected chi connectivity index (χ4v) is 2.40. The molecule has 1 amide bonds. The highest BCUT2D eigenvalue weighted by Gasteiger charge is 2.15. The van der Waals surface area contributed by atoms with Crippen LogP contribution in [0.5, 0.6) is 0 Å². The van der Waals surface area contributed by atoms with Gasteiger partial charge in [-0.3, -0.25) is 9.78 Å². The summed E-state index contributed by atoms with van der Waals surface area (Å²) in [5, 5.41) is 14.7. The van der Waals surface area contributed by atoms with Crippen LogP contribution in [0.4, 0.5) is 0 Å². The van der Waals surface area contributed by atoms with Crippen molar-refractivity contribution in [3.63, 3.8) is 0 Å². The van der Waals surface area contributed by atoms with Gasteiger partial charge >= 0.3 is 0 Å². The van der Waals surface area contributed by atoms with E-state index in [4.69, 9.17) is 17.3 Å². The first kappa shape index (κ1) is 14.0. The van der Waals surface area contributed by atoms with Crippen LogP contribution in [0.2, 0.25) is 5.02 Å². The Balaban J connectivity index is 2.00. The van der Waals surface area contributed by atoms with E-state index in [1.54, 1.807) is 6.20 Å². The van der Waals surface area contributed by atoms with Gasteiger partial charge in [-0.15, -0.1) is 0 Å². The van der Waals surface area contributed by atoms with Crippen molar-refractivity contribution >= 4 is 28.4 Å². The van der Waals surface area contributed by atoms with Gasteiger partial charge in [-0.2, -0.15) is 10.4 Å². The summed E-state index contributed by atoms with van der Waals surface area (Å²) in [5.74, 6) is -0.669. The molecule has 22 heavy (non-hydrogen) atoms. The Morgan fingerprint density at radius 3 is 2.91 bits per heavy atom. The Hall–Kier alpha value is -2.91. The van der Waals surface area contributed by atoms with Gasteiger partial charge in [0, 0.05) is 11.6 Å². The van der Waals surface area contributed by atoms with Gasteiger partial charge < -0.3 is 5.73 Å². The topological polar surface area (TPSA) is 97.6 Å². The number of fused-ring (bicyclic) bond motifs is 1. The molecule has 0 fully saturated rings. The van der Waals surface area contributed by atoms with Crippen molar-refractivity contribution in [3.8, 4) is 6.07 Å². The Morgan fingerprint density at radius 2 is 2.18 bits per heavy atom. The summed E-state index contributed by atoms with van der Waals surface area (Å²) in [4.78, 5) is 15.5. The second kappa shape index (κ2) is 5.47. The van der Waals surface area contributed by atoms with E-state index in [1.165, 1.54) is 10.9 Å². The quantitative estimate of drug-likeness (QED) is 0.800. The maximum Gasteiger partial charge on any atom is 0.253 e. The highest BCUT2D eigenvalue weighted by Crippen LogP contribution is 2.19.